The Labute approximate surface area is 135 Å². The van der Waals surface area contributed by atoms with Gasteiger partial charge in [-0.25, -0.2) is 0 Å². The van der Waals surface area contributed by atoms with Crippen LogP contribution in [0.4, 0.5) is 0 Å². The first-order chi connectivity index (χ1) is 10.1. The van der Waals surface area contributed by atoms with E-state index in [0.717, 1.165) is 49.0 Å². The number of nitrogens with one attached hydrogen (secondary N) is 1. The Kier molecular flexibility index (Phi) is 6.48. The number of methoxy groups -OCH3 is 1. The van der Waals surface area contributed by atoms with Crippen molar-refractivity contribution >= 4 is 15.9 Å². The zero-order valence-electron chi connectivity index (χ0n) is 12.5. The van der Waals surface area contributed by atoms with Crippen molar-refractivity contribution in [2.75, 3.05) is 26.9 Å². The first-order valence-electron chi connectivity index (χ1n) is 7.46. The molecule has 2 rings (SSSR count). The number of hydrogen-bond donors (Lipinski definition) is 2. The number of benzene rings is 1. The minimum atomic E-state index is -0.639. The zero-order valence-corrected chi connectivity index (χ0v) is 14.1. The number of ether oxygens (including phenoxy) is 2. The molecule has 118 valence electrons. The highest BCUT2D eigenvalue weighted by atomic mass is 79.9. The molecule has 4 nitrogen and oxygen atoms in total. The predicted octanol–water partition coefficient (Wildman–Crippen LogP) is 2.87. The van der Waals surface area contributed by atoms with E-state index in [2.05, 4.69) is 21.2 Å². The Hall–Kier alpha value is -0.620. The molecule has 0 atom stereocenters. The van der Waals surface area contributed by atoms with E-state index in [0.29, 0.717) is 13.2 Å². The van der Waals surface area contributed by atoms with Gasteiger partial charge in [-0.05, 0) is 46.5 Å². The average Bonchev–Trinajstić information content (AvgIpc) is 2.90. The van der Waals surface area contributed by atoms with Crippen LogP contribution in [0, 0.1) is 0 Å². The SMILES string of the molecule is COCCNCc1ccc(OCC2(O)CCCC2)c(Br)c1. The van der Waals surface area contributed by atoms with Gasteiger partial charge in [0.2, 0.25) is 0 Å². The zero-order chi connectivity index (χ0) is 15.1. The normalized spacial score (nSPS) is 17.1. The Morgan fingerprint density at radius 2 is 2.10 bits per heavy atom. The molecule has 1 aromatic carbocycles. The standard InChI is InChI=1S/C16H24BrNO3/c1-20-9-8-18-11-13-4-5-15(14(17)10-13)21-12-16(19)6-2-3-7-16/h4-5,10,18-19H,2-3,6-9,11-12H2,1H3. The molecule has 0 unspecified atom stereocenters. The first kappa shape index (κ1) is 16.7. The van der Waals surface area contributed by atoms with E-state index < -0.39 is 5.60 Å². The smallest absolute Gasteiger partial charge is 0.133 e. The maximum Gasteiger partial charge on any atom is 0.133 e. The molecule has 0 spiro atoms. The van der Waals surface area contributed by atoms with Gasteiger partial charge in [0.05, 0.1) is 16.7 Å². The van der Waals surface area contributed by atoms with E-state index in [-0.39, 0.29) is 0 Å². The van der Waals surface area contributed by atoms with Crippen LogP contribution in [-0.2, 0) is 11.3 Å². The van der Waals surface area contributed by atoms with Crippen LogP contribution in [0.25, 0.3) is 0 Å². The second-order valence-corrected chi connectivity index (χ2v) is 6.51. The van der Waals surface area contributed by atoms with Crippen LogP contribution < -0.4 is 10.1 Å². The molecule has 0 heterocycles. The summed E-state index contributed by atoms with van der Waals surface area (Å²) >= 11 is 3.54. The molecule has 1 aliphatic rings. The van der Waals surface area contributed by atoms with Gasteiger partial charge in [0, 0.05) is 20.2 Å². The van der Waals surface area contributed by atoms with Crippen LogP contribution >= 0.6 is 15.9 Å². The van der Waals surface area contributed by atoms with Crippen molar-refractivity contribution in [1.82, 2.24) is 5.32 Å². The van der Waals surface area contributed by atoms with Gasteiger partial charge in [0.15, 0.2) is 0 Å². The summed E-state index contributed by atoms with van der Waals surface area (Å²) in [6.45, 7) is 2.71. The van der Waals surface area contributed by atoms with Gasteiger partial charge in [0.1, 0.15) is 12.4 Å². The molecule has 0 amide bonds. The minimum Gasteiger partial charge on any atom is -0.489 e. The molecule has 0 saturated heterocycles. The van der Waals surface area contributed by atoms with Crippen LogP contribution in [0.3, 0.4) is 0 Å². The predicted molar refractivity (Wildman–Crippen MR) is 86.6 cm³/mol. The van der Waals surface area contributed by atoms with Crippen LogP contribution in [0.2, 0.25) is 0 Å². The van der Waals surface area contributed by atoms with Gasteiger partial charge in [-0.1, -0.05) is 18.9 Å². The van der Waals surface area contributed by atoms with Gasteiger partial charge < -0.3 is 19.9 Å². The van der Waals surface area contributed by atoms with Crippen LogP contribution in [-0.4, -0.2) is 37.6 Å². The Balaban J connectivity index is 1.84. The van der Waals surface area contributed by atoms with E-state index >= 15 is 0 Å². The van der Waals surface area contributed by atoms with Crippen molar-refractivity contribution in [3.8, 4) is 5.75 Å². The van der Waals surface area contributed by atoms with Gasteiger partial charge in [-0.2, -0.15) is 0 Å². The second-order valence-electron chi connectivity index (χ2n) is 5.65. The summed E-state index contributed by atoms with van der Waals surface area (Å²) in [6, 6.07) is 6.04. The lowest BCUT2D eigenvalue weighted by atomic mass is 10.0. The lowest BCUT2D eigenvalue weighted by Gasteiger charge is -2.22. The quantitative estimate of drug-likeness (QED) is 0.702. The highest BCUT2D eigenvalue weighted by Crippen LogP contribution is 2.32. The monoisotopic (exact) mass is 357 g/mol. The summed E-state index contributed by atoms with van der Waals surface area (Å²) in [4.78, 5) is 0. The molecule has 1 aromatic rings. The van der Waals surface area contributed by atoms with E-state index in [1.807, 2.05) is 18.2 Å². The van der Waals surface area contributed by atoms with E-state index in [9.17, 15) is 5.11 Å². The molecule has 0 aromatic heterocycles. The molecular weight excluding hydrogens is 334 g/mol. The number of rotatable bonds is 8. The topological polar surface area (TPSA) is 50.7 Å². The highest BCUT2D eigenvalue weighted by molar-refractivity contribution is 9.10. The van der Waals surface area contributed by atoms with Gasteiger partial charge >= 0.3 is 0 Å². The fourth-order valence-electron chi connectivity index (χ4n) is 2.57. The third-order valence-electron chi connectivity index (χ3n) is 3.84. The summed E-state index contributed by atoms with van der Waals surface area (Å²) in [5.74, 6) is 0.788. The van der Waals surface area contributed by atoms with Gasteiger partial charge in [-0.15, -0.1) is 0 Å². The number of halogens is 1. The van der Waals surface area contributed by atoms with Gasteiger partial charge in [0.25, 0.3) is 0 Å². The minimum absolute atomic E-state index is 0.372. The number of aliphatic hydroxyl groups is 1. The maximum atomic E-state index is 10.3. The lowest BCUT2D eigenvalue weighted by molar-refractivity contribution is 0.00118. The summed E-state index contributed by atoms with van der Waals surface area (Å²) in [5.41, 5.74) is 0.546. The summed E-state index contributed by atoms with van der Waals surface area (Å²) in [7, 11) is 1.70. The summed E-state index contributed by atoms with van der Waals surface area (Å²) in [5, 5.41) is 13.6. The Morgan fingerprint density at radius 3 is 2.76 bits per heavy atom. The largest absolute Gasteiger partial charge is 0.489 e. The third kappa shape index (κ3) is 5.25. The van der Waals surface area contributed by atoms with Crippen LogP contribution in [0.15, 0.2) is 22.7 Å². The van der Waals surface area contributed by atoms with E-state index in [1.165, 1.54) is 5.56 Å². The summed E-state index contributed by atoms with van der Waals surface area (Å²) < 4.78 is 11.7. The number of hydrogen-bond acceptors (Lipinski definition) is 4. The molecule has 1 fully saturated rings. The molecule has 0 radical (unpaired) electrons. The third-order valence-corrected chi connectivity index (χ3v) is 4.46. The highest BCUT2D eigenvalue weighted by Gasteiger charge is 2.32. The van der Waals surface area contributed by atoms with E-state index in [1.54, 1.807) is 7.11 Å². The van der Waals surface area contributed by atoms with Crippen LogP contribution in [0.5, 0.6) is 5.75 Å². The molecule has 2 N–H and O–H groups in total. The first-order valence-corrected chi connectivity index (χ1v) is 8.25. The van der Waals surface area contributed by atoms with Crippen molar-refractivity contribution in [3.63, 3.8) is 0 Å². The fraction of sp³-hybridized carbons (Fsp3) is 0.625. The second kappa shape index (κ2) is 8.13. The lowest BCUT2D eigenvalue weighted by Crippen LogP contribution is -2.32. The van der Waals surface area contributed by atoms with Crippen molar-refractivity contribution < 1.29 is 14.6 Å². The molecule has 1 aliphatic carbocycles. The van der Waals surface area contributed by atoms with Crippen LogP contribution in [0.1, 0.15) is 31.2 Å². The summed E-state index contributed by atoms with van der Waals surface area (Å²) in [6.07, 6.45) is 3.86. The van der Waals surface area contributed by atoms with Crippen molar-refractivity contribution in [2.24, 2.45) is 0 Å². The Bertz CT molecular complexity index is 447. The molecule has 5 heteroatoms. The molecule has 21 heavy (non-hydrogen) atoms. The molecule has 0 bridgehead atoms. The molecule has 1 saturated carbocycles. The van der Waals surface area contributed by atoms with Gasteiger partial charge in [-0.3, -0.25) is 0 Å². The Morgan fingerprint density at radius 1 is 1.33 bits per heavy atom. The van der Waals surface area contributed by atoms with E-state index in [4.69, 9.17) is 9.47 Å². The molecular formula is C16H24BrNO3. The van der Waals surface area contributed by atoms with Crippen molar-refractivity contribution in [1.29, 1.82) is 0 Å². The average molecular weight is 358 g/mol. The molecule has 0 aliphatic heterocycles. The fourth-order valence-corrected chi connectivity index (χ4v) is 3.11. The van der Waals surface area contributed by atoms with Crippen molar-refractivity contribution in [3.05, 3.63) is 28.2 Å². The van der Waals surface area contributed by atoms with Crippen molar-refractivity contribution in [2.45, 2.75) is 37.8 Å². The maximum absolute atomic E-state index is 10.3.